The lowest BCUT2D eigenvalue weighted by atomic mass is 10.0. The largest absolute Gasteiger partial charge is 0.356 e. The normalized spacial score (nSPS) is 12.8. The predicted molar refractivity (Wildman–Crippen MR) is 160 cm³/mol. The number of unbranched alkanes of at least 4 members (excludes halogenated alkanes) is 5. The average Bonchev–Trinajstić information content (AvgIpc) is 2.88. The SMILES string of the molecule is CCCCCC(=O)NC(CCCCNC(=O)CCCCC(C)C)C(=O)NC(CCCCNC(C)C)C(=O)CC. The lowest BCUT2D eigenvalue weighted by Crippen LogP contribution is -2.51. The van der Waals surface area contributed by atoms with Crippen LogP contribution in [0.15, 0.2) is 0 Å². The highest BCUT2D eigenvalue weighted by Crippen LogP contribution is 2.10. The number of carbonyl (C=O) groups is 4. The molecule has 0 aliphatic heterocycles. The van der Waals surface area contributed by atoms with Crippen molar-refractivity contribution < 1.29 is 19.2 Å². The minimum atomic E-state index is -0.680. The Morgan fingerprint density at radius 1 is 0.615 bits per heavy atom. The molecule has 4 N–H and O–H groups in total. The molecule has 0 spiro atoms. The van der Waals surface area contributed by atoms with E-state index in [9.17, 15) is 19.2 Å². The third-order valence-electron chi connectivity index (χ3n) is 6.86. The van der Waals surface area contributed by atoms with Gasteiger partial charge in [0.15, 0.2) is 5.78 Å². The monoisotopic (exact) mass is 552 g/mol. The molecule has 0 heterocycles. The molecule has 39 heavy (non-hydrogen) atoms. The molecular formula is C31H60N4O4. The van der Waals surface area contributed by atoms with Crippen LogP contribution in [0.4, 0.5) is 0 Å². The van der Waals surface area contributed by atoms with Crippen LogP contribution in [0.25, 0.3) is 0 Å². The molecule has 0 aromatic carbocycles. The lowest BCUT2D eigenvalue weighted by molar-refractivity contribution is -0.131. The Bertz CT molecular complexity index is 682. The lowest BCUT2D eigenvalue weighted by Gasteiger charge is -2.23. The van der Waals surface area contributed by atoms with E-state index >= 15 is 0 Å². The topological polar surface area (TPSA) is 116 Å². The fraction of sp³-hybridized carbons (Fsp3) is 0.871. The minimum Gasteiger partial charge on any atom is -0.356 e. The maximum Gasteiger partial charge on any atom is 0.243 e. The molecule has 2 atom stereocenters. The smallest absolute Gasteiger partial charge is 0.243 e. The van der Waals surface area contributed by atoms with Crippen LogP contribution in [0.1, 0.15) is 138 Å². The number of hydrogen-bond donors (Lipinski definition) is 4. The van der Waals surface area contributed by atoms with Crippen molar-refractivity contribution in [1.29, 1.82) is 0 Å². The number of ketones is 1. The minimum absolute atomic E-state index is 0.0179. The Balaban J connectivity index is 4.83. The van der Waals surface area contributed by atoms with Gasteiger partial charge in [0.1, 0.15) is 6.04 Å². The van der Waals surface area contributed by atoms with Gasteiger partial charge < -0.3 is 21.3 Å². The van der Waals surface area contributed by atoms with E-state index in [1.165, 1.54) is 0 Å². The molecule has 0 fully saturated rings. The second-order valence-electron chi connectivity index (χ2n) is 11.5. The second kappa shape index (κ2) is 23.9. The van der Waals surface area contributed by atoms with Crippen molar-refractivity contribution in [3.63, 3.8) is 0 Å². The molecule has 0 saturated carbocycles. The summed E-state index contributed by atoms with van der Waals surface area (Å²) in [4.78, 5) is 50.4. The van der Waals surface area contributed by atoms with Gasteiger partial charge in [-0.25, -0.2) is 0 Å². The Labute approximate surface area is 239 Å². The molecule has 0 rings (SSSR count). The van der Waals surface area contributed by atoms with E-state index in [4.69, 9.17) is 0 Å². The molecule has 228 valence electrons. The van der Waals surface area contributed by atoms with Crippen molar-refractivity contribution >= 4 is 23.5 Å². The number of hydrogen-bond acceptors (Lipinski definition) is 5. The predicted octanol–water partition coefficient (Wildman–Crippen LogP) is 5.19. The summed E-state index contributed by atoms with van der Waals surface area (Å²) >= 11 is 0. The highest BCUT2D eigenvalue weighted by Gasteiger charge is 2.25. The van der Waals surface area contributed by atoms with Gasteiger partial charge in [-0.05, 0) is 63.8 Å². The molecule has 0 radical (unpaired) electrons. The summed E-state index contributed by atoms with van der Waals surface area (Å²) in [6.07, 6.45) is 11.5. The Morgan fingerprint density at radius 3 is 1.82 bits per heavy atom. The molecule has 0 bridgehead atoms. The van der Waals surface area contributed by atoms with Gasteiger partial charge in [0.05, 0.1) is 6.04 Å². The van der Waals surface area contributed by atoms with E-state index in [-0.39, 0.29) is 23.5 Å². The number of carbonyl (C=O) groups excluding carboxylic acids is 4. The molecular weight excluding hydrogens is 492 g/mol. The number of Topliss-reactive ketones (excluding diaryl/α,β-unsaturated/α-hetero) is 1. The van der Waals surface area contributed by atoms with Crippen LogP contribution in [0.5, 0.6) is 0 Å². The Hall–Kier alpha value is -1.96. The summed E-state index contributed by atoms with van der Waals surface area (Å²) in [5.74, 6) is 0.329. The Morgan fingerprint density at radius 2 is 1.21 bits per heavy atom. The van der Waals surface area contributed by atoms with Gasteiger partial charge in [-0.15, -0.1) is 0 Å². The molecule has 0 aromatic heterocycles. The van der Waals surface area contributed by atoms with Crippen molar-refractivity contribution in [2.75, 3.05) is 13.1 Å². The number of nitrogens with one attached hydrogen (secondary N) is 4. The van der Waals surface area contributed by atoms with Crippen LogP contribution in [0.2, 0.25) is 0 Å². The fourth-order valence-corrected chi connectivity index (χ4v) is 4.40. The molecule has 0 aliphatic carbocycles. The average molecular weight is 553 g/mol. The van der Waals surface area contributed by atoms with E-state index < -0.39 is 12.1 Å². The summed E-state index contributed by atoms with van der Waals surface area (Å²) in [5, 5.41) is 12.2. The van der Waals surface area contributed by atoms with Crippen molar-refractivity contribution in [3.8, 4) is 0 Å². The zero-order chi connectivity index (χ0) is 29.5. The van der Waals surface area contributed by atoms with Gasteiger partial charge in [-0.2, -0.15) is 0 Å². The molecule has 8 heteroatoms. The Kier molecular flexibility index (Phi) is 22.7. The van der Waals surface area contributed by atoms with E-state index in [0.717, 1.165) is 64.3 Å². The first-order valence-corrected chi connectivity index (χ1v) is 15.7. The van der Waals surface area contributed by atoms with E-state index in [1.807, 2.05) is 6.92 Å². The van der Waals surface area contributed by atoms with E-state index in [2.05, 4.69) is 55.9 Å². The highest BCUT2D eigenvalue weighted by molar-refractivity contribution is 5.92. The van der Waals surface area contributed by atoms with Crippen LogP contribution in [0, 0.1) is 5.92 Å². The number of amides is 3. The first-order chi connectivity index (χ1) is 18.6. The standard InChI is InChI=1S/C31H60N4O4/c1-7-9-10-21-30(38)34-27(19-14-16-23-33-29(37)20-12-11-17-24(3)4)31(39)35-26(28(36)8-2)18-13-15-22-32-25(5)6/h24-27,32H,7-23H2,1-6H3,(H,33,37)(H,34,38)(H,35,39). The van der Waals surface area contributed by atoms with Crippen molar-refractivity contribution in [2.45, 2.75) is 156 Å². The van der Waals surface area contributed by atoms with Crippen LogP contribution in [0.3, 0.4) is 0 Å². The quantitative estimate of drug-likeness (QED) is 0.116. The van der Waals surface area contributed by atoms with E-state index in [1.54, 1.807) is 0 Å². The second-order valence-corrected chi connectivity index (χ2v) is 11.5. The zero-order valence-corrected chi connectivity index (χ0v) is 26.0. The first kappa shape index (κ1) is 37.0. The summed E-state index contributed by atoms with van der Waals surface area (Å²) in [5.41, 5.74) is 0. The molecule has 3 amide bonds. The zero-order valence-electron chi connectivity index (χ0n) is 26.0. The third-order valence-corrected chi connectivity index (χ3v) is 6.86. The maximum atomic E-state index is 13.2. The van der Waals surface area contributed by atoms with Crippen LogP contribution in [-0.2, 0) is 19.2 Å². The van der Waals surface area contributed by atoms with Crippen LogP contribution >= 0.6 is 0 Å². The van der Waals surface area contributed by atoms with Crippen molar-refractivity contribution in [3.05, 3.63) is 0 Å². The van der Waals surface area contributed by atoms with Gasteiger partial charge in [-0.1, -0.05) is 67.2 Å². The van der Waals surface area contributed by atoms with Crippen LogP contribution in [-0.4, -0.2) is 54.7 Å². The molecule has 0 aliphatic rings. The molecule has 0 saturated heterocycles. The summed E-state index contributed by atoms with van der Waals surface area (Å²) in [6, 6.07) is -0.792. The van der Waals surface area contributed by atoms with Crippen molar-refractivity contribution in [1.82, 2.24) is 21.3 Å². The first-order valence-electron chi connectivity index (χ1n) is 15.7. The summed E-state index contributed by atoms with van der Waals surface area (Å²) in [7, 11) is 0. The van der Waals surface area contributed by atoms with Gasteiger partial charge >= 0.3 is 0 Å². The van der Waals surface area contributed by atoms with Gasteiger partial charge in [0.2, 0.25) is 17.7 Å². The van der Waals surface area contributed by atoms with E-state index in [0.29, 0.717) is 57.0 Å². The summed E-state index contributed by atoms with van der Waals surface area (Å²) in [6.45, 7) is 13.9. The molecule has 0 aromatic rings. The molecule has 2 unspecified atom stereocenters. The van der Waals surface area contributed by atoms with Crippen molar-refractivity contribution in [2.24, 2.45) is 5.92 Å². The highest BCUT2D eigenvalue weighted by atomic mass is 16.2. The summed E-state index contributed by atoms with van der Waals surface area (Å²) < 4.78 is 0. The third kappa shape index (κ3) is 21.5. The number of rotatable bonds is 25. The van der Waals surface area contributed by atoms with Crippen LogP contribution < -0.4 is 21.3 Å². The van der Waals surface area contributed by atoms with Gasteiger partial charge in [-0.3, -0.25) is 19.2 Å². The maximum absolute atomic E-state index is 13.2. The van der Waals surface area contributed by atoms with Gasteiger partial charge in [0.25, 0.3) is 0 Å². The van der Waals surface area contributed by atoms with Gasteiger partial charge in [0, 0.05) is 31.8 Å². The fourth-order valence-electron chi connectivity index (χ4n) is 4.40. The molecule has 8 nitrogen and oxygen atoms in total.